The van der Waals surface area contributed by atoms with E-state index >= 15 is 0 Å². The number of ether oxygens (including phenoxy) is 1. The number of likely N-dealkylation sites (tertiary alicyclic amines) is 1. The van der Waals surface area contributed by atoms with E-state index in [4.69, 9.17) is 4.74 Å². The molecule has 4 nitrogen and oxygen atoms in total. The number of hydrogen-bond acceptors (Lipinski definition) is 4. The Labute approximate surface area is 111 Å². The lowest BCUT2D eigenvalue weighted by Crippen LogP contribution is -2.40. The molecule has 1 unspecified atom stereocenters. The molecule has 18 heavy (non-hydrogen) atoms. The average molecular weight is 256 g/mol. The van der Waals surface area contributed by atoms with Gasteiger partial charge in [-0.3, -0.25) is 4.79 Å². The summed E-state index contributed by atoms with van der Waals surface area (Å²) in [6.07, 6.45) is 4.62. The molecule has 1 saturated heterocycles. The van der Waals surface area contributed by atoms with E-state index in [2.05, 4.69) is 24.1 Å². The van der Waals surface area contributed by atoms with Crippen molar-refractivity contribution in [1.82, 2.24) is 10.2 Å². The van der Waals surface area contributed by atoms with E-state index in [0.717, 1.165) is 25.9 Å². The van der Waals surface area contributed by atoms with Gasteiger partial charge in [-0.1, -0.05) is 13.8 Å². The SMILES string of the molecule is COC(=O)C(CC(C)C)NCCCN1CCCC1. The lowest BCUT2D eigenvalue weighted by atomic mass is 10.0. The van der Waals surface area contributed by atoms with Gasteiger partial charge in [-0.2, -0.15) is 0 Å². The van der Waals surface area contributed by atoms with Crippen molar-refractivity contribution in [2.24, 2.45) is 5.92 Å². The molecule has 0 aliphatic carbocycles. The van der Waals surface area contributed by atoms with Gasteiger partial charge in [0.15, 0.2) is 0 Å². The fourth-order valence-electron chi connectivity index (χ4n) is 2.46. The first-order chi connectivity index (χ1) is 8.63. The smallest absolute Gasteiger partial charge is 0.322 e. The first-order valence-electron chi connectivity index (χ1n) is 7.17. The maximum atomic E-state index is 11.6. The summed E-state index contributed by atoms with van der Waals surface area (Å²) in [7, 11) is 1.46. The van der Waals surface area contributed by atoms with Gasteiger partial charge in [0, 0.05) is 0 Å². The molecule has 0 radical (unpaired) electrons. The molecule has 0 aromatic heterocycles. The Bertz CT molecular complexity index is 238. The summed E-state index contributed by atoms with van der Waals surface area (Å²) in [4.78, 5) is 14.1. The minimum atomic E-state index is -0.145. The molecule has 4 heteroatoms. The minimum Gasteiger partial charge on any atom is -0.468 e. The number of rotatable bonds is 8. The predicted octanol–water partition coefficient (Wildman–Crippen LogP) is 1.65. The van der Waals surface area contributed by atoms with Gasteiger partial charge in [-0.25, -0.2) is 0 Å². The van der Waals surface area contributed by atoms with Crippen molar-refractivity contribution in [3.05, 3.63) is 0 Å². The molecule has 0 aromatic carbocycles. The van der Waals surface area contributed by atoms with Crippen molar-refractivity contribution in [2.45, 2.75) is 45.6 Å². The van der Waals surface area contributed by atoms with Gasteiger partial charge in [0.25, 0.3) is 0 Å². The number of carbonyl (C=O) groups excluding carboxylic acids is 1. The number of methoxy groups -OCH3 is 1. The standard InChI is InChI=1S/C14H28N2O2/c1-12(2)11-13(14(17)18-3)15-7-6-10-16-8-4-5-9-16/h12-13,15H,4-11H2,1-3H3. The third-order valence-corrected chi connectivity index (χ3v) is 3.43. The molecule has 0 bridgehead atoms. The molecule has 0 amide bonds. The highest BCUT2D eigenvalue weighted by Crippen LogP contribution is 2.08. The van der Waals surface area contributed by atoms with Gasteiger partial charge in [0.1, 0.15) is 6.04 Å². The van der Waals surface area contributed by atoms with Crippen molar-refractivity contribution in [1.29, 1.82) is 0 Å². The molecule has 0 spiro atoms. The van der Waals surface area contributed by atoms with Crippen molar-refractivity contribution in [2.75, 3.05) is 33.3 Å². The summed E-state index contributed by atoms with van der Waals surface area (Å²) in [5.41, 5.74) is 0. The molecule has 0 aromatic rings. The van der Waals surface area contributed by atoms with E-state index in [1.807, 2.05) is 0 Å². The van der Waals surface area contributed by atoms with Crippen LogP contribution in [0.5, 0.6) is 0 Å². The zero-order valence-corrected chi connectivity index (χ0v) is 12.1. The summed E-state index contributed by atoms with van der Waals surface area (Å²) in [6.45, 7) is 8.77. The third-order valence-electron chi connectivity index (χ3n) is 3.43. The summed E-state index contributed by atoms with van der Waals surface area (Å²) in [5.74, 6) is 0.366. The van der Waals surface area contributed by atoms with Gasteiger partial charge >= 0.3 is 5.97 Å². The van der Waals surface area contributed by atoms with Gasteiger partial charge in [0.2, 0.25) is 0 Å². The zero-order chi connectivity index (χ0) is 13.4. The summed E-state index contributed by atoms with van der Waals surface area (Å²) < 4.78 is 4.83. The summed E-state index contributed by atoms with van der Waals surface area (Å²) in [6, 6.07) is -0.145. The highest BCUT2D eigenvalue weighted by Gasteiger charge is 2.19. The van der Waals surface area contributed by atoms with Gasteiger partial charge in [0.05, 0.1) is 7.11 Å². The Kier molecular flexibility index (Phi) is 7.28. The topological polar surface area (TPSA) is 41.6 Å². The first kappa shape index (κ1) is 15.4. The fraction of sp³-hybridized carbons (Fsp3) is 0.929. The Morgan fingerprint density at radius 2 is 2.00 bits per heavy atom. The first-order valence-corrected chi connectivity index (χ1v) is 7.17. The van der Waals surface area contributed by atoms with Crippen LogP contribution in [0.4, 0.5) is 0 Å². The maximum Gasteiger partial charge on any atom is 0.322 e. The Hall–Kier alpha value is -0.610. The molecule has 0 saturated carbocycles. The van der Waals surface area contributed by atoms with Gasteiger partial charge in [-0.05, 0) is 57.8 Å². The van der Waals surface area contributed by atoms with E-state index in [1.54, 1.807) is 0 Å². The van der Waals surface area contributed by atoms with E-state index in [0.29, 0.717) is 5.92 Å². The normalized spacial score (nSPS) is 18.2. The van der Waals surface area contributed by atoms with Crippen LogP contribution >= 0.6 is 0 Å². The molecular weight excluding hydrogens is 228 g/mol. The largest absolute Gasteiger partial charge is 0.468 e. The third kappa shape index (κ3) is 5.83. The lowest BCUT2D eigenvalue weighted by Gasteiger charge is -2.19. The Morgan fingerprint density at radius 3 is 2.56 bits per heavy atom. The van der Waals surface area contributed by atoms with Crippen LogP contribution in [-0.2, 0) is 9.53 Å². The second-order valence-electron chi connectivity index (χ2n) is 5.56. The van der Waals surface area contributed by atoms with Crippen LogP contribution in [0.2, 0.25) is 0 Å². The molecule has 1 heterocycles. The highest BCUT2D eigenvalue weighted by molar-refractivity contribution is 5.75. The molecule has 1 aliphatic heterocycles. The fourth-order valence-corrected chi connectivity index (χ4v) is 2.46. The predicted molar refractivity (Wildman–Crippen MR) is 73.6 cm³/mol. The quantitative estimate of drug-likeness (QED) is 0.529. The van der Waals surface area contributed by atoms with E-state index in [9.17, 15) is 4.79 Å². The number of nitrogens with one attached hydrogen (secondary N) is 1. The molecular formula is C14H28N2O2. The molecule has 1 atom stereocenters. The highest BCUT2D eigenvalue weighted by atomic mass is 16.5. The number of carbonyl (C=O) groups is 1. The van der Waals surface area contributed by atoms with Crippen molar-refractivity contribution >= 4 is 5.97 Å². The molecule has 1 rings (SSSR count). The molecule has 106 valence electrons. The maximum absolute atomic E-state index is 11.6. The zero-order valence-electron chi connectivity index (χ0n) is 12.1. The number of nitrogens with zero attached hydrogens (tertiary/aromatic N) is 1. The van der Waals surface area contributed by atoms with E-state index in [1.165, 1.54) is 33.0 Å². The Morgan fingerprint density at radius 1 is 1.33 bits per heavy atom. The molecule has 1 N–H and O–H groups in total. The lowest BCUT2D eigenvalue weighted by molar-refractivity contribution is -0.143. The monoisotopic (exact) mass is 256 g/mol. The van der Waals surface area contributed by atoms with Crippen LogP contribution in [0.3, 0.4) is 0 Å². The second kappa shape index (κ2) is 8.48. The number of hydrogen-bond donors (Lipinski definition) is 1. The van der Waals surface area contributed by atoms with E-state index < -0.39 is 0 Å². The van der Waals surface area contributed by atoms with Crippen molar-refractivity contribution < 1.29 is 9.53 Å². The summed E-state index contributed by atoms with van der Waals surface area (Å²) >= 11 is 0. The number of esters is 1. The van der Waals surface area contributed by atoms with Crippen LogP contribution in [0.25, 0.3) is 0 Å². The van der Waals surface area contributed by atoms with Gasteiger partial charge in [-0.15, -0.1) is 0 Å². The van der Waals surface area contributed by atoms with Gasteiger partial charge < -0.3 is 15.0 Å². The van der Waals surface area contributed by atoms with Crippen LogP contribution in [0.15, 0.2) is 0 Å². The Balaban J connectivity index is 2.17. The second-order valence-corrected chi connectivity index (χ2v) is 5.56. The van der Waals surface area contributed by atoms with Crippen molar-refractivity contribution in [3.63, 3.8) is 0 Å². The van der Waals surface area contributed by atoms with Crippen LogP contribution in [-0.4, -0.2) is 50.2 Å². The van der Waals surface area contributed by atoms with Crippen LogP contribution in [0.1, 0.15) is 39.5 Å². The van der Waals surface area contributed by atoms with Crippen molar-refractivity contribution in [3.8, 4) is 0 Å². The molecule has 1 fully saturated rings. The van der Waals surface area contributed by atoms with Crippen LogP contribution in [0, 0.1) is 5.92 Å². The minimum absolute atomic E-state index is 0.134. The van der Waals surface area contributed by atoms with Crippen LogP contribution < -0.4 is 5.32 Å². The average Bonchev–Trinajstić information content (AvgIpc) is 2.84. The summed E-state index contributed by atoms with van der Waals surface area (Å²) in [5, 5.41) is 3.32. The van der Waals surface area contributed by atoms with E-state index in [-0.39, 0.29) is 12.0 Å². The molecule has 1 aliphatic rings.